The summed E-state index contributed by atoms with van der Waals surface area (Å²) in [4.78, 5) is 31.5. The van der Waals surface area contributed by atoms with E-state index in [-0.39, 0.29) is 24.8 Å². The van der Waals surface area contributed by atoms with E-state index in [1.165, 1.54) is 0 Å². The van der Waals surface area contributed by atoms with Gasteiger partial charge in [0.1, 0.15) is 6.42 Å². The van der Waals surface area contributed by atoms with Crippen LogP contribution in [0.25, 0.3) is 0 Å². The van der Waals surface area contributed by atoms with Gasteiger partial charge in [0, 0.05) is 26.1 Å². The van der Waals surface area contributed by atoms with Crippen molar-refractivity contribution in [2.75, 3.05) is 26.2 Å². The van der Waals surface area contributed by atoms with E-state index < -0.39 is 30.2 Å². The van der Waals surface area contributed by atoms with Crippen molar-refractivity contribution < 1.29 is 22.9 Å². The first-order chi connectivity index (χ1) is 11.2. The maximum atomic E-state index is 14.2. The van der Waals surface area contributed by atoms with E-state index >= 15 is 0 Å². The van der Waals surface area contributed by atoms with Gasteiger partial charge in [-0.25, -0.2) is 8.78 Å². The maximum Gasteiger partial charge on any atom is 0.266 e. The zero-order valence-corrected chi connectivity index (χ0v) is 13.7. The highest BCUT2D eigenvalue weighted by atomic mass is 19.3. The topological polar surface area (TPSA) is 79.5 Å². The molecular formula is C15H20F2N4O3. The Labute approximate surface area is 138 Å². The van der Waals surface area contributed by atoms with Gasteiger partial charge in [-0.05, 0) is 20.3 Å². The Morgan fingerprint density at radius 1 is 1.38 bits per heavy atom. The SMILES string of the molecule is CCN1CC[C@]2(CN(C(=O)Cc3nc(C)no3)CC(F)(F)C2)C1=O. The summed E-state index contributed by atoms with van der Waals surface area (Å²) in [5, 5.41) is 3.58. The molecule has 2 amide bonds. The molecule has 0 bridgehead atoms. The van der Waals surface area contributed by atoms with E-state index in [9.17, 15) is 18.4 Å². The van der Waals surface area contributed by atoms with Crippen molar-refractivity contribution in [3.63, 3.8) is 0 Å². The van der Waals surface area contributed by atoms with Crippen molar-refractivity contribution in [2.45, 2.75) is 39.0 Å². The molecule has 1 atom stereocenters. The van der Waals surface area contributed by atoms with Gasteiger partial charge in [-0.2, -0.15) is 4.98 Å². The molecule has 3 heterocycles. The molecule has 0 aliphatic carbocycles. The average Bonchev–Trinajstić information content (AvgIpc) is 3.02. The van der Waals surface area contributed by atoms with Crippen molar-refractivity contribution in [3.8, 4) is 0 Å². The first kappa shape index (κ1) is 16.8. The second-order valence-corrected chi connectivity index (χ2v) is 6.61. The van der Waals surface area contributed by atoms with Gasteiger partial charge in [0.15, 0.2) is 5.82 Å². The van der Waals surface area contributed by atoms with Crippen LogP contribution in [-0.2, 0) is 16.0 Å². The van der Waals surface area contributed by atoms with Crippen molar-refractivity contribution in [1.29, 1.82) is 0 Å². The zero-order valence-electron chi connectivity index (χ0n) is 13.7. The minimum Gasteiger partial charge on any atom is -0.342 e. The lowest BCUT2D eigenvalue weighted by molar-refractivity contribution is -0.162. The van der Waals surface area contributed by atoms with Gasteiger partial charge in [-0.15, -0.1) is 0 Å². The Morgan fingerprint density at radius 3 is 2.71 bits per heavy atom. The Bertz CT molecular complexity index is 663. The van der Waals surface area contributed by atoms with Gasteiger partial charge in [0.25, 0.3) is 5.92 Å². The van der Waals surface area contributed by atoms with Gasteiger partial charge >= 0.3 is 0 Å². The minimum absolute atomic E-state index is 0.0177. The zero-order chi connectivity index (χ0) is 17.5. The Morgan fingerprint density at radius 2 is 2.12 bits per heavy atom. The molecule has 2 aliphatic heterocycles. The lowest BCUT2D eigenvalue weighted by Gasteiger charge is -2.42. The summed E-state index contributed by atoms with van der Waals surface area (Å²) in [5.41, 5.74) is -1.18. The van der Waals surface area contributed by atoms with Gasteiger partial charge < -0.3 is 14.3 Å². The first-order valence-corrected chi connectivity index (χ1v) is 7.99. The third-order valence-corrected chi connectivity index (χ3v) is 4.72. The molecule has 0 saturated carbocycles. The van der Waals surface area contributed by atoms with E-state index in [4.69, 9.17) is 4.52 Å². The summed E-state index contributed by atoms with van der Waals surface area (Å²) >= 11 is 0. The molecule has 3 rings (SSSR count). The van der Waals surface area contributed by atoms with Crippen LogP contribution in [0.2, 0.25) is 0 Å². The lowest BCUT2D eigenvalue weighted by atomic mass is 9.77. The standard InChI is InChI=1S/C15H20F2N4O3/c1-3-20-5-4-14(13(20)23)7-15(16,17)9-21(8-14)12(22)6-11-18-10(2)19-24-11/h3-9H2,1-2H3/t14-/m0/s1. The molecule has 9 heteroatoms. The van der Waals surface area contributed by atoms with Crippen LogP contribution >= 0.6 is 0 Å². The van der Waals surface area contributed by atoms with E-state index in [0.717, 1.165) is 4.90 Å². The van der Waals surface area contributed by atoms with Crippen LogP contribution < -0.4 is 0 Å². The highest BCUT2D eigenvalue weighted by Crippen LogP contribution is 2.45. The summed E-state index contributed by atoms with van der Waals surface area (Å²) < 4.78 is 33.4. The molecule has 7 nitrogen and oxygen atoms in total. The number of carbonyl (C=O) groups is 2. The van der Waals surface area contributed by atoms with E-state index in [0.29, 0.717) is 25.3 Å². The molecule has 2 fully saturated rings. The molecular weight excluding hydrogens is 322 g/mol. The summed E-state index contributed by atoms with van der Waals surface area (Å²) in [7, 11) is 0. The predicted molar refractivity (Wildman–Crippen MR) is 78.2 cm³/mol. The molecule has 0 radical (unpaired) electrons. The number of nitrogens with zero attached hydrogens (tertiary/aromatic N) is 4. The highest BCUT2D eigenvalue weighted by molar-refractivity contribution is 5.87. The fraction of sp³-hybridized carbons (Fsp3) is 0.733. The Balaban J connectivity index is 1.79. The van der Waals surface area contributed by atoms with Gasteiger partial charge in [-0.3, -0.25) is 9.59 Å². The molecule has 2 saturated heterocycles. The van der Waals surface area contributed by atoms with Gasteiger partial charge in [-0.1, -0.05) is 5.16 Å². The number of amides is 2. The molecule has 1 aromatic heterocycles. The van der Waals surface area contributed by atoms with Crippen molar-refractivity contribution in [3.05, 3.63) is 11.7 Å². The van der Waals surface area contributed by atoms with Crippen LogP contribution in [0.4, 0.5) is 8.78 Å². The van der Waals surface area contributed by atoms with E-state index in [1.807, 2.05) is 6.92 Å². The van der Waals surface area contributed by atoms with Crippen molar-refractivity contribution in [1.82, 2.24) is 19.9 Å². The Kier molecular flexibility index (Phi) is 4.05. The number of hydrogen-bond acceptors (Lipinski definition) is 5. The van der Waals surface area contributed by atoms with Crippen LogP contribution in [0.1, 0.15) is 31.5 Å². The molecule has 24 heavy (non-hydrogen) atoms. The lowest BCUT2D eigenvalue weighted by Crippen LogP contribution is -2.57. The number of halogens is 2. The number of carbonyl (C=O) groups excluding carboxylic acids is 2. The largest absolute Gasteiger partial charge is 0.342 e. The molecule has 0 aromatic carbocycles. The molecule has 1 aromatic rings. The van der Waals surface area contributed by atoms with Crippen molar-refractivity contribution >= 4 is 11.8 Å². The van der Waals surface area contributed by atoms with Crippen LogP contribution in [-0.4, -0.2) is 63.9 Å². The van der Waals surface area contributed by atoms with Crippen LogP contribution in [0.3, 0.4) is 0 Å². The first-order valence-electron chi connectivity index (χ1n) is 7.99. The third-order valence-electron chi connectivity index (χ3n) is 4.72. The fourth-order valence-corrected chi connectivity index (χ4v) is 3.64. The number of hydrogen-bond donors (Lipinski definition) is 0. The second-order valence-electron chi connectivity index (χ2n) is 6.61. The average molecular weight is 342 g/mol. The normalized spacial score (nSPS) is 26.4. The third kappa shape index (κ3) is 2.99. The molecule has 0 unspecified atom stereocenters. The summed E-state index contributed by atoms with van der Waals surface area (Å²) in [6, 6.07) is 0. The van der Waals surface area contributed by atoms with Gasteiger partial charge in [0.05, 0.1) is 12.0 Å². The number of aromatic nitrogens is 2. The number of alkyl halides is 2. The van der Waals surface area contributed by atoms with E-state index in [1.54, 1.807) is 11.8 Å². The summed E-state index contributed by atoms with van der Waals surface area (Å²) in [6.45, 7) is 3.71. The summed E-state index contributed by atoms with van der Waals surface area (Å²) in [5.74, 6) is -3.43. The highest BCUT2D eigenvalue weighted by Gasteiger charge is 2.57. The minimum atomic E-state index is -3.09. The molecule has 0 N–H and O–H groups in total. The Hall–Kier alpha value is -2.06. The summed E-state index contributed by atoms with van der Waals surface area (Å²) in [6.07, 6.45) is -0.393. The number of rotatable bonds is 3. The predicted octanol–water partition coefficient (Wildman–Crippen LogP) is 1.03. The number of piperidine rings is 1. The molecule has 132 valence electrons. The van der Waals surface area contributed by atoms with Crippen LogP contribution in [0, 0.1) is 12.3 Å². The number of aryl methyl sites for hydroxylation is 1. The number of likely N-dealkylation sites (tertiary alicyclic amines) is 2. The fourth-order valence-electron chi connectivity index (χ4n) is 3.64. The van der Waals surface area contributed by atoms with E-state index in [2.05, 4.69) is 10.1 Å². The van der Waals surface area contributed by atoms with Gasteiger partial charge in [0.2, 0.25) is 17.7 Å². The second kappa shape index (κ2) is 5.78. The smallest absolute Gasteiger partial charge is 0.266 e. The monoisotopic (exact) mass is 342 g/mol. The molecule has 1 spiro atoms. The quantitative estimate of drug-likeness (QED) is 0.820. The maximum absolute atomic E-state index is 14.2. The van der Waals surface area contributed by atoms with Crippen LogP contribution in [0.5, 0.6) is 0 Å². The van der Waals surface area contributed by atoms with Crippen LogP contribution in [0.15, 0.2) is 4.52 Å². The van der Waals surface area contributed by atoms with Crippen molar-refractivity contribution in [2.24, 2.45) is 5.41 Å². The molecule has 2 aliphatic rings.